The molecule has 108 valence electrons. The van der Waals surface area contributed by atoms with Crippen LogP contribution in [0.5, 0.6) is 0 Å². The van der Waals surface area contributed by atoms with E-state index < -0.39 is 18.3 Å². The second-order valence-corrected chi connectivity index (χ2v) is 5.98. The van der Waals surface area contributed by atoms with Gasteiger partial charge in [0.2, 0.25) is 0 Å². The first-order valence-electron chi connectivity index (χ1n) is 6.64. The topological polar surface area (TPSA) is 77.6 Å². The lowest BCUT2D eigenvalue weighted by molar-refractivity contribution is 0.00578. The van der Waals surface area contributed by atoms with Crippen molar-refractivity contribution in [3.05, 3.63) is 29.4 Å². The molecule has 1 aromatic heterocycles. The summed E-state index contributed by atoms with van der Waals surface area (Å²) in [6.07, 6.45) is 3.46. The smallest absolute Gasteiger partial charge is 0.400 e. The molecule has 0 aromatic carbocycles. The number of aromatic nitrogens is 1. The zero-order valence-corrected chi connectivity index (χ0v) is 12.4. The number of hydrogen-bond donors (Lipinski definition) is 2. The van der Waals surface area contributed by atoms with E-state index in [2.05, 4.69) is 4.98 Å². The van der Waals surface area contributed by atoms with Gasteiger partial charge in [0.25, 0.3) is 0 Å². The minimum absolute atomic E-state index is 0.138. The first kappa shape index (κ1) is 15.0. The molecule has 0 saturated carbocycles. The number of hydrogen-bond acceptors (Lipinski definition) is 5. The molecule has 0 unspecified atom stereocenters. The number of nitrogen functional groups attached to an aromatic ring is 1. The number of anilines is 1. The van der Waals surface area contributed by atoms with Crippen LogP contribution < -0.4 is 5.73 Å². The fourth-order valence-corrected chi connectivity index (χ4v) is 1.90. The summed E-state index contributed by atoms with van der Waals surface area (Å²) in [5, 5.41) is 9.57. The maximum atomic E-state index is 9.57. The van der Waals surface area contributed by atoms with E-state index in [0.29, 0.717) is 11.3 Å². The number of pyridine rings is 1. The largest absolute Gasteiger partial charge is 0.492 e. The molecule has 5 nitrogen and oxygen atoms in total. The lowest BCUT2D eigenvalue weighted by atomic mass is 9.77. The predicted molar refractivity (Wildman–Crippen MR) is 79.8 cm³/mol. The van der Waals surface area contributed by atoms with Crippen molar-refractivity contribution in [2.45, 2.75) is 38.9 Å². The van der Waals surface area contributed by atoms with Crippen LogP contribution in [0.3, 0.4) is 0 Å². The molecule has 1 aromatic rings. The summed E-state index contributed by atoms with van der Waals surface area (Å²) in [7, 11) is -0.553. The number of nitrogens with zero attached hydrogens (tertiary/aromatic N) is 1. The number of rotatable bonds is 3. The molecule has 0 atom stereocenters. The zero-order chi connectivity index (χ0) is 15.0. The van der Waals surface area contributed by atoms with Gasteiger partial charge in [-0.25, -0.2) is 4.98 Å². The van der Waals surface area contributed by atoms with Gasteiger partial charge in [-0.15, -0.1) is 0 Å². The van der Waals surface area contributed by atoms with Gasteiger partial charge in [0.1, 0.15) is 5.82 Å². The molecular formula is C14H21BN2O3. The predicted octanol–water partition coefficient (Wildman–Crippen LogP) is 1.67. The summed E-state index contributed by atoms with van der Waals surface area (Å²) in [4.78, 5) is 4.02. The molecule has 1 saturated heterocycles. The van der Waals surface area contributed by atoms with Crippen LogP contribution in [0.1, 0.15) is 33.3 Å². The Labute approximate surface area is 119 Å². The molecule has 1 fully saturated rings. The molecule has 3 N–H and O–H groups in total. The monoisotopic (exact) mass is 276 g/mol. The summed E-state index contributed by atoms with van der Waals surface area (Å²) >= 11 is 0. The molecule has 6 heteroatoms. The van der Waals surface area contributed by atoms with Gasteiger partial charge < -0.3 is 20.1 Å². The zero-order valence-electron chi connectivity index (χ0n) is 12.4. The summed E-state index contributed by atoms with van der Waals surface area (Å²) in [5.74, 6) is 0.461. The Balaban J connectivity index is 2.24. The quantitative estimate of drug-likeness (QED) is 0.821. The van der Waals surface area contributed by atoms with Crippen LogP contribution in [0.2, 0.25) is 0 Å². The first-order chi connectivity index (χ1) is 9.25. The van der Waals surface area contributed by atoms with Crippen LogP contribution in [-0.2, 0) is 9.31 Å². The van der Waals surface area contributed by atoms with E-state index in [-0.39, 0.29) is 6.61 Å². The van der Waals surface area contributed by atoms with E-state index in [1.807, 2.05) is 39.8 Å². The van der Waals surface area contributed by atoms with Gasteiger partial charge in [0.05, 0.1) is 17.8 Å². The Hall–Kier alpha value is -1.37. The second-order valence-electron chi connectivity index (χ2n) is 5.98. The Morgan fingerprint density at radius 2 is 1.90 bits per heavy atom. The van der Waals surface area contributed by atoms with Crippen LogP contribution in [0, 0.1) is 0 Å². The van der Waals surface area contributed by atoms with E-state index in [1.54, 1.807) is 12.3 Å². The van der Waals surface area contributed by atoms with Gasteiger partial charge in [-0.3, -0.25) is 0 Å². The van der Waals surface area contributed by atoms with Crippen molar-refractivity contribution < 1.29 is 14.4 Å². The molecule has 2 rings (SSSR count). The van der Waals surface area contributed by atoms with Crippen LogP contribution in [0.15, 0.2) is 23.8 Å². The highest BCUT2D eigenvalue weighted by atomic mass is 16.7. The highest BCUT2D eigenvalue weighted by Gasteiger charge is 2.52. The Morgan fingerprint density at radius 3 is 2.35 bits per heavy atom. The van der Waals surface area contributed by atoms with E-state index in [0.717, 1.165) is 5.56 Å². The van der Waals surface area contributed by atoms with Crippen LogP contribution in [0.25, 0.3) is 6.08 Å². The SMILES string of the molecule is CC1(C)OB(C(=Cc2ccc(N)nc2)CO)OC1(C)C. The average molecular weight is 276 g/mol. The van der Waals surface area contributed by atoms with Crippen molar-refractivity contribution in [3.63, 3.8) is 0 Å². The van der Waals surface area contributed by atoms with Crippen molar-refractivity contribution in [1.29, 1.82) is 0 Å². The lowest BCUT2D eigenvalue weighted by Crippen LogP contribution is -2.41. The standard InChI is InChI=1S/C14H21BN2O3/c1-13(2)14(3,4)20-15(19-13)11(9-18)7-10-5-6-12(16)17-8-10/h5-8,18H,9H2,1-4H3,(H2,16,17). The molecule has 2 heterocycles. The van der Waals surface area contributed by atoms with Crippen molar-refractivity contribution in [3.8, 4) is 0 Å². The lowest BCUT2D eigenvalue weighted by Gasteiger charge is -2.32. The van der Waals surface area contributed by atoms with Gasteiger partial charge >= 0.3 is 7.12 Å². The molecule has 0 amide bonds. The maximum Gasteiger partial charge on any atom is 0.492 e. The summed E-state index contributed by atoms with van der Waals surface area (Å²) in [6, 6.07) is 3.55. The van der Waals surface area contributed by atoms with E-state index in [1.165, 1.54) is 0 Å². The van der Waals surface area contributed by atoms with Gasteiger partial charge in [-0.05, 0) is 50.9 Å². The molecule has 0 radical (unpaired) electrons. The number of nitrogens with two attached hydrogens (primary N) is 1. The minimum atomic E-state index is -0.553. The minimum Gasteiger partial charge on any atom is -0.400 e. The van der Waals surface area contributed by atoms with Crippen LogP contribution >= 0.6 is 0 Å². The van der Waals surface area contributed by atoms with Gasteiger partial charge in [0.15, 0.2) is 0 Å². The number of aliphatic hydroxyl groups excluding tert-OH is 1. The normalized spacial score (nSPS) is 21.2. The first-order valence-corrected chi connectivity index (χ1v) is 6.64. The molecule has 20 heavy (non-hydrogen) atoms. The van der Waals surface area contributed by atoms with Crippen molar-refractivity contribution in [2.24, 2.45) is 0 Å². The molecule has 1 aliphatic rings. The van der Waals surface area contributed by atoms with Crippen LogP contribution in [-0.4, -0.2) is 35.0 Å². The van der Waals surface area contributed by atoms with Crippen molar-refractivity contribution in [1.82, 2.24) is 4.98 Å². The second kappa shape index (κ2) is 5.20. The Bertz CT molecular complexity index is 496. The van der Waals surface area contributed by atoms with E-state index in [9.17, 15) is 5.11 Å². The van der Waals surface area contributed by atoms with Crippen LogP contribution in [0.4, 0.5) is 5.82 Å². The third-order valence-corrected chi connectivity index (χ3v) is 3.90. The fourth-order valence-electron chi connectivity index (χ4n) is 1.90. The number of aliphatic hydroxyl groups is 1. The molecule has 0 spiro atoms. The highest BCUT2D eigenvalue weighted by Crippen LogP contribution is 2.38. The highest BCUT2D eigenvalue weighted by molar-refractivity contribution is 6.55. The van der Waals surface area contributed by atoms with E-state index in [4.69, 9.17) is 15.0 Å². The third kappa shape index (κ3) is 2.87. The van der Waals surface area contributed by atoms with Crippen molar-refractivity contribution >= 4 is 19.0 Å². The summed E-state index contributed by atoms with van der Waals surface area (Å²) in [6.45, 7) is 7.78. The molecule has 1 aliphatic heterocycles. The van der Waals surface area contributed by atoms with Gasteiger partial charge in [0, 0.05) is 6.20 Å². The van der Waals surface area contributed by atoms with E-state index >= 15 is 0 Å². The average Bonchev–Trinajstić information content (AvgIpc) is 2.57. The molecular weight excluding hydrogens is 255 g/mol. The van der Waals surface area contributed by atoms with Crippen molar-refractivity contribution in [2.75, 3.05) is 12.3 Å². The summed E-state index contributed by atoms with van der Waals surface area (Å²) in [5.41, 5.74) is 6.21. The Morgan fingerprint density at radius 1 is 1.30 bits per heavy atom. The van der Waals surface area contributed by atoms with Gasteiger partial charge in [-0.2, -0.15) is 0 Å². The maximum absolute atomic E-state index is 9.57. The van der Waals surface area contributed by atoms with Gasteiger partial charge in [-0.1, -0.05) is 6.08 Å². The summed E-state index contributed by atoms with van der Waals surface area (Å²) < 4.78 is 11.8. The Kier molecular flexibility index (Phi) is 3.91. The third-order valence-electron chi connectivity index (χ3n) is 3.90. The fraction of sp³-hybridized carbons (Fsp3) is 0.500. The molecule has 0 aliphatic carbocycles. The molecule has 0 bridgehead atoms.